The summed E-state index contributed by atoms with van der Waals surface area (Å²) >= 11 is 3.33. The van der Waals surface area contributed by atoms with Crippen molar-refractivity contribution in [3.8, 4) is 0 Å². The molecular formula is C11H16BrN3O. The number of piperidine rings is 1. The van der Waals surface area contributed by atoms with E-state index < -0.39 is 5.60 Å². The maximum Gasteiger partial charge on any atom is 0.151 e. The summed E-state index contributed by atoms with van der Waals surface area (Å²) < 4.78 is 0.873. The van der Waals surface area contributed by atoms with Crippen LogP contribution in [-0.2, 0) is 0 Å². The molecule has 0 aliphatic carbocycles. The van der Waals surface area contributed by atoms with Crippen molar-refractivity contribution in [3.05, 3.63) is 16.7 Å². The van der Waals surface area contributed by atoms with Crippen molar-refractivity contribution in [2.75, 3.05) is 23.7 Å². The van der Waals surface area contributed by atoms with E-state index in [1.54, 1.807) is 6.20 Å². The highest BCUT2D eigenvalue weighted by atomic mass is 79.9. The molecule has 16 heavy (non-hydrogen) atoms. The van der Waals surface area contributed by atoms with Crippen molar-refractivity contribution in [1.29, 1.82) is 0 Å². The predicted octanol–water partition coefficient (Wildman–Crippen LogP) is 1.78. The molecular weight excluding hydrogens is 270 g/mol. The lowest BCUT2D eigenvalue weighted by Crippen LogP contribution is -2.46. The summed E-state index contributed by atoms with van der Waals surface area (Å²) in [5.41, 5.74) is 5.93. The smallest absolute Gasteiger partial charge is 0.151 e. The van der Waals surface area contributed by atoms with Crippen LogP contribution < -0.4 is 10.6 Å². The van der Waals surface area contributed by atoms with Crippen molar-refractivity contribution in [2.24, 2.45) is 0 Å². The lowest BCUT2D eigenvalue weighted by Gasteiger charge is -2.37. The van der Waals surface area contributed by atoms with Gasteiger partial charge in [-0.2, -0.15) is 0 Å². The van der Waals surface area contributed by atoms with E-state index in [-0.39, 0.29) is 0 Å². The van der Waals surface area contributed by atoms with Crippen LogP contribution in [0.2, 0.25) is 0 Å². The van der Waals surface area contributed by atoms with Gasteiger partial charge in [0.2, 0.25) is 0 Å². The van der Waals surface area contributed by atoms with E-state index in [2.05, 4.69) is 20.9 Å². The summed E-state index contributed by atoms with van der Waals surface area (Å²) in [6.07, 6.45) is 3.53. The second-order valence-electron chi connectivity index (χ2n) is 4.59. The minimum atomic E-state index is -0.639. The van der Waals surface area contributed by atoms with Crippen molar-refractivity contribution in [3.63, 3.8) is 0 Å². The Bertz CT molecular complexity index is 395. The molecule has 3 N–H and O–H groups in total. The van der Waals surface area contributed by atoms with E-state index in [9.17, 15) is 5.11 Å². The highest BCUT2D eigenvalue weighted by molar-refractivity contribution is 9.10. The Kier molecular flexibility index (Phi) is 3.08. The average Bonchev–Trinajstić information content (AvgIpc) is 2.15. The molecule has 1 fully saturated rings. The summed E-state index contributed by atoms with van der Waals surface area (Å²) in [7, 11) is 0. The zero-order valence-electron chi connectivity index (χ0n) is 9.28. The molecule has 1 unspecified atom stereocenters. The number of nitrogen functional groups attached to an aromatic ring is 1. The molecule has 1 aromatic rings. The van der Waals surface area contributed by atoms with Crippen LogP contribution in [0.25, 0.3) is 0 Å². The molecule has 1 aliphatic heterocycles. The Morgan fingerprint density at radius 2 is 2.38 bits per heavy atom. The van der Waals surface area contributed by atoms with E-state index >= 15 is 0 Å². The van der Waals surface area contributed by atoms with Crippen LogP contribution in [0.5, 0.6) is 0 Å². The van der Waals surface area contributed by atoms with Crippen molar-refractivity contribution >= 4 is 27.4 Å². The second kappa shape index (κ2) is 4.22. The molecule has 4 nitrogen and oxygen atoms in total. The summed E-state index contributed by atoms with van der Waals surface area (Å²) in [4.78, 5) is 6.36. The zero-order chi connectivity index (χ0) is 11.8. The van der Waals surface area contributed by atoms with E-state index in [0.717, 1.165) is 29.7 Å². The van der Waals surface area contributed by atoms with Crippen LogP contribution in [-0.4, -0.2) is 28.8 Å². The summed E-state index contributed by atoms with van der Waals surface area (Å²) in [5, 5.41) is 10.0. The first-order valence-electron chi connectivity index (χ1n) is 5.36. The first-order chi connectivity index (χ1) is 7.48. The normalized spacial score (nSPS) is 25.8. The molecule has 1 aliphatic rings. The van der Waals surface area contributed by atoms with Gasteiger partial charge in [0.15, 0.2) is 5.82 Å². The first kappa shape index (κ1) is 11.7. The van der Waals surface area contributed by atoms with Gasteiger partial charge in [-0.3, -0.25) is 0 Å². The fourth-order valence-corrected chi connectivity index (χ4v) is 2.46. The van der Waals surface area contributed by atoms with Crippen LogP contribution >= 0.6 is 15.9 Å². The van der Waals surface area contributed by atoms with Gasteiger partial charge in [-0.1, -0.05) is 0 Å². The number of anilines is 2. The number of rotatable bonds is 1. The number of hydrogen-bond acceptors (Lipinski definition) is 4. The molecule has 0 aromatic carbocycles. The lowest BCUT2D eigenvalue weighted by atomic mass is 9.95. The van der Waals surface area contributed by atoms with E-state index in [4.69, 9.17) is 5.73 Å². The van der Waals surface area contributed by atoms with Crippen LogP contribution in [0.4, 0.5) is 11.5 Å². The van der Waals surface area contributed by atoms with Crippen LogP contribution in [0.15, 0.2) is 16.7 Å². The number of nitrogens with two attached hydrogens (primary N) is 1. The number of hydrogen-bond donors (Lipinski definition) is 2. The van der Waals surface area contributed by atoms with Crippen LogP contribution in [0, 0.1) is 0 Å². The topological polar surface area (TPSA) is 62.4 Å². The lowest BCUT2D eigenvalue weighted by molar-refractivity contribution is 0.0447. The average molecular weight is 286 g/mol. The Hall–Kier alpha value is -0.810. The van der Waals surface area contributed by atoms with Gasteiger partial charge < -0.3 is 15.7 Å². The first-order valence-corrected chi connectivity index (χ1v) is 6.16. The highest BCUT2D eigenvalue weighted by Gasteiger charge is 2.29. The third-order valence-corrected chi connectivity index (χ3v) is 3.27. The van der Waals surface area contributed by atoms with Crippen molar-refractivity contribution in [2.45, 2.75) is 25.4 Å². The van der Waals surface area contributed by atoms with E-state index in [1.165, 1.54) is 0 Å². The molecule has 2 rings (SSSR count). The fourth-order valence-electron chi connectivity index (χ4n) is 2.11. The number of nitrogens with zero attached hydrogens (tertiary/aromatic N) is 2. The van der Waals surface area contributed by atoms with E-state index in [0.29, 0.717) is 12.2 Å². The van der Waals surface area contributed by atoms with Gasteiger partial charge in [-0.05, 0) is 41.8 Å². The van der Waals surface area contributed by atoms with Crippen molar-refractivity contribution in [1.82, 2.24) is 4.98 Å². The Balaban J connectivity index is 2.23. The monoisotopic (exact) mass is 285 g/mol. The Morgan fingerprint density at radius 3 is 3.00 bits per heavy atom. The molecule has 5 heteroatoms. The molecule has 0 amide bonds. The molecule has 1 saturated heterocycles. The van der Waals surface area contributed by atoms with E-state index in [1.807, 2.05) is 17.9 Å². The molecule has 0 bridgehead atoms. The number of aliphatic hydroxyl groups is 1. The maximum atomic E-state index is 10.0. The predicted molar refractivity (Wildman–Crippen MR) is 68.4 cm³/mol. The molecule has 88 valence electrons. The quantitative estimate of drug-likeness (QED) is 0.826. The van der Waals surface area contributed by atoms with Gasteiger partial charge in [-0.25, -0.2) is 4.98 Å². The Morgan fingerprint density at radius 1 is 1.62 bits per heavy atom. The standard InChI is InChI=1S/C11H16BrN3O/c1-11(16)3-2-4-15(7-11)10-9(13)5-8(12)6-14-10/h5-6,16H,2-4,7,13H2,1H3. The largest absolute Gasteiger partial charge is 0.396 e. The SMILES string of the molecule is CC1(O)CCCN(c2ncc(Br)cc2N)C1. The number of aromatic nitrogens is 1. The molecule has 2 heterocycles. The highest BCUT2D eigenvalue weighted by Crippen LogP contribution is 2.29. The summed E-state index contributed by atoms with van der Waals surface area (Å²) in [6.45, 7) is 3.34. The van der Waals surface area contributed by atoms with Gasteiger partial charge in [0.05, 0.1) is 11.3 Å². The summed E-state index contributed by atoms with van der Waals surface area (Å²) in [6, 6.07) is 1.84. The van der Waals surface area contributed by atoms with Gasteiger partial charge in [0.1, 0.15) is 0 Å². The number of halogens is 1. The minimum absolute atomic E-state index is 0.589. The van der Waals surface area contributed by atoms with Gasteiger partial charge >= 0.3 is 0 Å². The van der Waals surface area contributed by atoms with Gasteiger partial charge in [0.25, 0.3) is 0 Å². The maximum absolute atomic E-state index is 10.0. The van der Waals surface area contributed by atoms with Crippen molar-refractivity contribution < 1.29 is 5.11 Å². The van der Waals surface area contributed by atoms with Gasteiger partial charge in [-0.15, -0.1) is 0 Å². The third kappa shape index (κ3) is 2.47. The van der Waals surface area contributed by atoms with Crippen LogP contribution in [0.1, 0.15) is 19.8 Å². The third-order valence-electron chi connectivity index (χ3n) is 2.84. The fraction of sp³-hybridized carbons (Fsp3) is 0.545. The molecule has 1 atom stereocenters. The molecule has 0 spiro atoms. The minimum Gasteiger partial charge on any atom is -0.396 e. The molecule has 1 aromatic heterocycles. The molecule has 0 saturated carbocycles. The number of pyridine rings is 1. The summed E-state index contributed by atoms with van der Waals surface area (Å²) in [5.74, 6) is 0.767. The van der Waals surface area contributed by atoms with Crippen LogP contribution in [0.3, 0.4) is 0 Å². The Labute approximate surface area is 104 Å². The zero-order valence-corrected chi connectivity index (χ0v) is 10.9. The molecule has 0 radical (unpaired) electrons. The second-order valence-corrected chi connectivity index (χ2v) is 5.50. The number of β-amino-alcohol motifs (C(OH)–C–C–N with tert-alkyl or cyclic N) is 1. The van der Waals surface area contributed by atoms with Gasteiger partial charge in [0, 0.05) is 23.8 Å².